The number of carbonyl (C=O) groups is 3. The molecule has 0 saturated heterocycles. The SMILES string of the molecule is CC.CC(C)CCCC(=O)NC(C(=O)NCC(=O)C(C)C)C(C)C. The lowest BCUT2D eigenvalue weighted by Gasteiger charge is -2.22. The number of carbonyl (C=O) groups excluding carboxylic acids is 3. The molecule has 0 heterocycles. The van der Waals surface area contributed by atoms with Crippen LogP contribution in [0.3, 0.4) is 0 Å². The first-order valence-corrected chi connectivity index (χ1v) is 9.24. The van der Waals surface area contributed by atoms with Crippen LogP contribution in [0.15, 0.2) is 0 Å². The summed E-state index contributed by atoms with van der Waals surface area (Å²) in [6, 6.07) is -0.591. The summed E-state index contributed by atoms with van der Waals surface area (Å²) in [6.07, 6.45) is 2.25. The third kappa shape index (κ3) is 12.1. The average molecular weight is 343 g/mol. The van der Waals surface area contributed by atoms with Gasteiger partial charge in [0.1, 0.15) is 6.04 Å². The molecule has 2 amide bonds. The summed E-state index contributed by atoms with van der Waals surface area (Å²) in [5.74, 6) is 0.0238. The van der Waals surface area contributed by atoms with E-state index in [9.17, 15) is 14.4 Å². The minimum absolute atomic E-state index is 0.0147. The highest BCUT2D eigenvalue weighted by molar-refractivity contribution is 5.91. The minimum Gasteiger partial charge on any atom is -0.347 e. The normalized spacial score (nSPS) is 11.8. The van der Waals surface area contributed by atoms with Crippen LogP contribution >= 0.6 is 0 Å². The van der Waals surface area contributed by atoms with Crippen molar-refractivity contribution >= 4 is 17.6 Å². The molecule has 5 heteroatoms. The molecular formula is C19H38N2O3. The van der Waals surface area contributed by atoms with E-state index >= 15 is 0 Å². The highest BCUT2D eigenvalue weighted by atomic mass is 16.2. The molecule has 0 aromatic heterocycles. The Balaban J connectivity index is 0. The summed E-state index contributed by atoms with van der Waals surface area (Å²) in [7, 11) is 0. The van der Waals surface area contributed by atoms with Crippen LogP contribution in [0.25, 0.3) is 0 Å². The van der Waals surface area contributed by atoms with Crippen LogP contribution < -0.4 is 10.6 Å². The van der Waals surface area contributed by atoms with E-state index in [-0.39, 0.29) is 36.0 Å². The number of ketones is 1. The van der Waals surface area contributed by atoms with E-state index in [1.54, 1.807) is 13.8 Å². The third-order valence-corrected chi connectivity index (χ3v) is 3.53. The van der Waals surface area contributed by atoms with Crippen molar-refractivity contribution in [2.75, 3.05) is 6.54 Å². The van der Waals surface area contributed by atoms with Gasteiger partial charge in [0.2, 0.25) is 11.8 Å². The van der Waals surface area contributed by atoms with Gasteiger partial charge in [-0.15, -0.1) is 0 Å². The Morgan fingerprint density at radius 2 is 1.46 bits per heavy atom. The molecule has 0 aliphatic rings. The second-order valence-electron chi connectivity index (χ2n) is 6.91. The van der Waals surface area contributed by atoms with Crippen molar-refractivity contribution in [3.63, 3.8) is 0 Å². The molecule has 0 radical (unpaired) electrons. The Labute approximate surface area is 148 Å². The number of Topliss-reactive ketones (excluding diaryl/α,β-unsaturated/α-hetero) is 1. The first kappa shape index (κ1) is 24.9. The summed E-state index contributed by atoms with van der Waals surface area (Å²) in [4.78, 5) is 35.6. The number of nitrogens with one attached hydrogen (secondary N) is 2. The molecule has 142 valence electrons. The van der Waals surface area contributed by atoms with Gasteiger partial charge < -0.3 is 10.6 Å². The standard InChI is InChI=1S/C17H32N2O3.C2H6/c1-11(2)8-7-9-15(21)19-16(13(5)6)17(22)18-10-14(20)12(3)4;1-2/h11-13,16H,7-10H2,1-6H3,(H,18,22)(H,19,21);1-2H3. The fraction of sp³-hybridized carbons (Fsp3) is 0.842. The predicted octanol–water partition coefficient (Wildman–Crippen LogP) is 3.32. The summed E-state index contributed by atoms with van der Waals surface area (Å²) in [5, 5.41) is 5.40. The summed E-state index contributed by atoms with van der Waals surface area (Å²) < 4.78 is 0. The molecule has 0 spiro atoms. The number of amides is 2. The first-order valence-electron chi connectivity index (χ1n) is 9.24. The second kappa shape index (κ2) is 14.0. The van der Waals surface area contributed by atoms with Crippen LogP contribution in [0.5, 0.6) is 0 Å². The Kier molecular flexibility index (Phi) is 14.5. The van der Waals surface area contributed by atoms with Crippen molar-refractivity contribution in [1.82, 2.24) is 10.6 Å². The summed E-state index contributed by atoms with van der Waals surface area (Å²) in [6.45, 7) is 15.6. The second-order valence-corrected chi connectivity index (χ2v) is 6.91. The van der Waals surface area contributed by atoms with Gasteiger partial charge in [-0.2, -0.15) is 0 Å². The maximum absolute atomic E-state index is 12.2. The van der Waals surface area contributed by atoms with Crippen LogP contribution in [0.1, 0.15) is 74.7 Å². The minimum atomic E-state index is -0.591. The van der Waals surface area contributed by atoms with Crippen LogP contribution in [-0.4, -0.2) is 30.2 Å². The number of rotatable bonds is 10. The molecule has 0 aromatic carbocycles. The van der Waals surface area contributed by atoms with E-state index in [4.69, 9.17) is 0 Å². The van der Waals surface area contributed by atoms with Gasteiger partial charge in [0.05, 0.1) is 6.54 Å². The molecule has 0 aliphatic carbocycles. The topological polar surface area (TPSA) is 75.3 Å². The van der Waals surface area contributed by atoms with Crippen LogP contribution in [0, 0.1) is 17.8 Å². The van der Waals surface area contributed by atoms with Crippen LogP contribution in [0.2, 0.25) is 0 Å². The van der Waals surface area contributed by atoms with Crippen molar-refractivity contribution in [1.29, 1.82) is 0 Å². The fourth-order valence-electron chi connectivity index (χ4n) is 1.94. The molecule has 0 fully saturated rings. The van der Waals surface area contributed by atoms with Crippen molar-refractivity contribution < 1.29 is 14.4 Å². The molecule has 1 unspecified atom stereocenters. The molecule has 2 N–H and O–H groups in total. The van der Waals surface area contributed by atoms with Crippen LogP contribution in [-0.2, 0) is 14.4 Å². The molecule has 0 bridgehead atoms. The molecule has 0 aromatic rings. The Bertz CT molecular complexity index is 377. The van der Waals surface area contributed by atoms with Gasteiger partial charge in [-0.05, 0) is 18.3 Å². The van der Waals surface area contributed by atoms with E-state index in [0.29, 0.717) is 12.3 Å². The summed E-state index contributed by atoms with van der Waals surface area (Å²) in [5.41, 5.74) is 0. The zero-order valence-corrected chi connectivity index (χ0v) is 16.9. The smallest absolute Gasteiger partial charge is 0.243 e. The van der Waals surface area contributed by atoms with Crippen molar-refractivity contribution in [3.8, 4) is 0 Å². The highest BCUT2D eigenvalue weighted by Crippen LogP contribution is 2.07. The zero-order valence-electron chi connectivity index (χ0n) is 16.9. The van der Waals surface area contributed by atoms with E-state index in [0.717, 1.165) is 12.8 Å². The zero-order chi connectivity index (χ0) is 19.3. The molecule has 1 atom stereocenters. The van der Waals surface area contributed by atoms with E-state index in [1.807, 2.05) is 27.7 Å². The van der Waals surface area contributed by atoms with Gasteiger partial charge in [-0.3, -0.25) is 14.4 Å². The van der Waals surface area contributed by atoms with E-state index in [1.165, 1.54) is 0 Å². The summed E-state index contributed by atoms with van der Waals surface area (Å²) >= 11 is 0. The van der Waals surface area contributed by atoms with E-state index < -0.39 is 6.04 Å². The first-order chi connectivity index (χ1) is 11.1. The van der Waals surface area contributed by atoms with Gasteiger partial charge >= 0.3 is 0 Å². The van der Waals surface area contributed by atoms with E-state index in [2.05, 4.69) is 24.5 Å². The average Bonchev–Trinajstić information content (AvgIpc) is 2.51. The predicted molar refractivity (Wildman–Crippen MR) is 99.7 cm³/mol. The molecule has 0 aliphatic heterocycles. The molecular weight excluding hydrogens is 304 g/mol. The molecule has 24 heavy (non-hydrogen) atoms. The van der Waals surface area contributed by atoms with Gasteiger partial charge in [-0.25, -0.2) is 0 Å². The van der Waals surface area contributed by atoms with Crippen molar-refractivity contribution in [2.24, 2.45) is 17.8 Å². The van der Waals surface area contributed by atoms with Gasteiger partial charge in [0, 0.05) is 12.3 Å². The lowest BCUT2D eigenvalue weighted by atomic mass is 10.0. The Hall–Kier alpha value is -1.39. The van der Waals surface area contributed by atoms with Crippen molar-refractivity contribution in [3.05, 3.63) is 0 Å². The Morgan fingerprint density at radius 3 is 1.88 bits per heavy atom. The quantitative estimate of drug-likeness (QED) is 0.639. The largest absolute Gasteiger partial charge is 0.347 e. The lowest BCUT2D eigenvalue weighted by Crippen LogP contribution is -2.50. The van der Waals surface area contributed by atoms with Crippen LogP contribution in [0.4, 0.5) is 0 Å². The van der Waals surface area contributed by atoms with Gasteiger partial charge in [-0.1, -0.05) is 61.8 Å². The Morgan fingerprint density at radius 1 is 0.917 bits per heavy atom. The fourth-order valence-corrected chi connectivity index (χ4v) is 1.94. The van der Waals surface area contributed by atoms with Gasteiger partial charge in [0.15, 0.2) is 5.78 Å². The molecule has 0 saturated carbocycles. The number of hydrogen-bond acceptors (Lipinski definition) is 3. The monoisotopic (exact) mass is 342 g/mol. The maximum atomic E-state index is 12.2. The van der Waals surface area contributed by atoms with Crippen molar-refractivity contribution in [2.45, 2.75) is 80.7 Å². The molecule has 0 rings (SSSR count). The molecule has 5 nitrogen and oxygen atoms in total. The van der Waals surface area contributed by atoms with Gasteiger partial charge in [0.25, 0.3) is 0 Å². The lowest BCUT2D eigenvalue weighted by molar-refractivity contribution is -0.131. The number of hydrogen-bond donors (Lipinski definition) is 2. The third-order valence-electron chi connectivity index (χ3n) is 3.53. The highest BCUT2D eigenvalue weighted by Gasteiger charge is 2.24. The maximum Gasteiger partial charge on any atom is 0.243 e.